The predicted molar refractivity (Wildman–Crippen MR) is 53.0 cm³/mol. The van der Waals surface area contributed by atoms with E-state index in [0.717, 1.165) is 25.9 Å². The average molecular weight is 204 g/mol. The minimum Gasteiger partial charge on any atom is -0.327 e. The predicted octanol–water partition coefficient (Wildman–Crippen LogP) is -0.171. The molecule has 13 heavy (non-hydrogen) atoms. The molecule has 0 bridgehead atoms. The Morgan fingerprint density at radius 3 is 2.85 bits per heavy atom. The van der Waals surface area contributed by atoms with Gasteiger partial charge in [-0.15, -0.1) is 0 Å². The van der Waals surface area contributed by atoms with E-state index in [4.69, 9.17) is 5.73 Å². The number of hydrogen-bond acceptors (Lipinski definition) is 3. The lowest BCUT2D eigenvalue weighted by Gasteiger charge is -2.29. The number of rotatable bonds is 2. The topological polar surface area (TPSA) is 63.4 Å². The van der Waals surface area contributed by atoms with Gasteiger partial charge in [0.25, 0.3) is 0 Å². The van der Waals surface area contributed by atoms with Gasteiger partial charge in [0.1, 0.15) is 4.99 Å². The van der Waals surface area contributed by atoms with Crippen molar-refractivity contribution in [2.75, 3.05) is 13.1 Å². The van der Waals surface area contributed by atoms with Crippen molar-refractivity contribution in [2.24, 2.45) is 5.73 Å². The van der Waals surface area contributed by atoms with Gasteiger partial charge in [-0.05, 0) is 12.8 Å². The highest BCUT2D eigenvalue weighted by atomic mass is 32.2. The van der Waals surface area contributed by atoms with E-state index >= 15 is 0 Å². The van der Waals surface area contributed by atoms with Crippen LogP contribution in [0.5, 0.6) is 0 Å². The van der Waals surface area contributed by atoms with Gasteiger partial charge in [0.2, 0.25) is 10.3 Å². The molecule has 0 aromatic rings. The van der Waals surface area contributed by atoms with Gasteiger partial charge in [-0.3, -0.25) is 4.90 Å². The van der Waals surface area contributed by atoms with Crippen molar-refractivity contribution >= 4 is 15.3 Å². The minimum atomic E-state index is -2.09. The molecule has 1 saturated heterocycles. The van der Waals surface area contributed by atoms with Crippen LogP contribution in [-0.4, -0.2) is 37.4 Å². The molecule has 1 unspecified atom stereocenters. The molecule has 0 aliphatic carbocycles. The second kappa shape index (κ2) is 4.74. The third kappa shape index (κ3) is 2.79. The zero-order valence-electron chi connectivity index (χ0n) is 7.86. The summed E-state index contributed by atoms with van der Waals surface area (Å²) in [4.78, 5) is 2.41. The van der Waals surface area contributed by atoms with Gasteiger partial charge in [0.15, 0.2) is 0 Å². The fourth-order valence-corrected chi connectivity index (χ4v) is 2.33. The maximum absolute atomic E-state index is 10.9. The number of nitrogens with zero attached hydrogens (tertiary/aromatic N) is 1. The molecule has 1 aliphatic rings. The van der Waals surface area contributed by atoms with E-state index in [1.54, 1.807) is 0 Å². The smallest absolute Gasteiger partial charge is 0.228 e. The van der Waals surface area contributed by atoms with E-state index < -0.39 is 10.3 Å². The molecule has 0 radical (unpaired) electrons. The SMILES string of the molecule is CCCN1CCC(N)CC1=S(=O)=O. The molecule has 0 saturated carbocycles. The summed E-state index contributed by atoms with van der Waals surface area (Å²) in [5.74, 6) is 0. The van der Waals surface area contributed by atoms with Gasteiger partial charge < -0.3 is 5.73 Å². The van der Waals surface area contributed by atoms with Crippen LogP contribution in [0.15, 0.2) is 0 Å². The van der Waals surface area contributed by atoms with Crippen LogP contribution >= 0.6 is 0 Å². The van der Waals surface area contributed by atoms with Gasteiger partial charge in [-0.1, -0.05) is 6.92 Å². The van der Waals surface area contributed by atoms with E-state index in [2.05, 4.69) is 0 Å². The van der Waals surface area contributed by atoms with Crippen molar-refractivity contribution in [1.82, 2.24) is 4.90 Å². The van der Waals surface area contributed by atoms with Crippen molar-refractivity contribution in [3.8, 4) is 0 Å². The maximum Gasteiger partial charge on any atom is 0.228 e. The lowest BCUT2D eigenvalue weighted by Crippen LogP contribution is -2.44. The van der Waals surface area contributed by atoms with Crippen LogP contribution in [0.25, 0.3) is 0 Å². The summed E-state index contributed by atoms with van der Waals surface area (Å²) in [6.45, 7) is 3.63. The minimum absolute atomic E-state index is 0.0148. The molecule has 0 aromatic carbocycles. The molecule has 0 aromatic heterocycles. The fourth-order valence-electron chi connectivity index (χ4n) is 1.58. The van der Waals surface area contributed by atoms with E-state index in [1.165, 1.54) is 0 Å². The first-order valence-corrected chi connectivity index (χ1v) is 5.68. The Morgan fingerprint density at radius 2 is 2.31 bits per heavy atom. The Balaban J connectivity index is 2.79. The van der Waals surface area contributed by atoms with Crippen molar-refractivity contribution < 1.29 is 8.42 Å². The van der Waals surface area contributed by atoms with Gasteiger partial charge in [-0.2, -0.15) is 8.42 Å². The zero-order valence-corrected chi connectivity index (χ0v) is 8.68. The molecule has 4 nitrogen and oxygen atoms in total. The molecule has 5 heteroatoms. The largest absolute Gasteiger partial charge is 0.327 e. The van der Waals surface area contributed by atoms with E-state index in [0.29, 0.717) is 11.4 Å². The first kappa shape index (κ1) is 10.7. The first-order valence-electron chi connectivity index (χ1n) is 4.60. The highest BCUT2D eigenvalue weighted by molar-refractivity contribution is 7.72. The lowest BCUT2D eigenvalue weighted by atomic mass is 10.1. The van der Waals surface area contributed by atoms with E-state index in [9.17, 15) is 8.42 Å². The molecule has 1 rings (SSSR count). The standard InChI is InChI=1S/C8H16N2O2S/c1-2-4-10-5-3-7(9)6-8(10)13(11)12/h7H,2-6,9H2,1H3. The number of nitrogens with two attached hydrogens (primary N) is 1. The summed E-state index contributed by atoms with van der Waals surface area (Å²) >= 11 is 0. The summed E-state index contributed by atoms with van der Waals surface area (Å²) in [6.07, 6.45) is 2.35. The van der Waals surface area contributed by atoms with Crippen LogP contribution in [0.2, 0.25) is 0 Å². The molecule has 1 aliphatic heterocycles. The molecule has 0 amide bonds. The normalized spacial score (nSPS) is 24.8. The van der Waals surface area contributed by atoms with Crippen LogP contribution in [0, 0.1) is 0 Å². The summed E-state index contributed by atoms with van der Waals surface area (Å²) < 4.78 is 21.7. The fraction of sp³-hybridized carbons (Fsp3) is 0.875. The molecular weight excluding hydrogens is 188 g/mol. The number of piperidine rings is 1. The average Bonchev–Trinajstić information content (AvgIpc) is 2.08. The van der Waals surface area contributed by atoms with Crippen molar-refractivity contribution in [1.29, 1.82) is 0 Å². The van der Waals surface area contributed by atoms with E-state index in [1.807, 2.05) is 11.8 Å². The van der Waals surface area contributed by atoms with Gasteiger partial charge in [0.05, 0.1) is 0 Å². The quantitative estimate of drug-likeness (QED) is 0.634. The first-order chi connectivity index (χ1) is 6.15. The van der Waals surface area contributed by atoms with Crippen molar-refractivity contribution in [2.45, 2.75) is 32.2 Å². The van der Waals surface area contributed by atoms with Crippen LogP contribution in [0.4, 0.5) is 0 Å². The van der Waals surface area contributed by atoms with Crippen LogP contribution < -0.4 is 5.73 Å². The van der Waals surface area contributed by atoms with Gasteiger partial charge >= 0.3 is 0 Å². The second-order valence-corrected chi connectivity index (χ2v) is 4.31. The summed E-state index contributed by atoms with van der Waals surface area (Å²) in [7, 11) is -2.09. The van der Waals surface area contributed by atoms with Crippen molar-refractivity contribution in [3.63, 3.8) is 0 Å². The van der Waals surface area contributed by atoms with Crippen LogP contribution in [-0.2, 0) is 10.3 Å². The summed E-state index contributed by atoms with van der Waals surface area (Å²) in [5.41, 5.74) is 5.70. The maximum atomic E-state index is 10.9. The molecule has 76 valence electrons. The zero-order chi connectivity index (χ0) is 9.84. The molecule has 1 heterocycles. The monoisotopic (exact) mass is 204 g/mol. The molecule has 1 atom stereocenters. The summed E-state index contributed by atoms with van der Waals surface area (Å²) in [5, 5.41) is 0. The highest BCUT2D eigenvalue weighted by Gasteiger charge is 2.22. The third-order valence-electron chi connectivity index (χ3n) is 2.25. The molecule has 0 spiro atoms. The van der Waals surface area contributed by atoms with Crippen molar-refractivity contribution in [3.05, 3.63) is 0 Å². The Hall–Kier alpha value is -0.390. The second-order valence-electron chi connectivity index (χ2n) is 3.37. The molecule has 1 fully saturated rings. The highest BCUT2D eigenvalue weighted by Crippen LogP contribution is 2.10. The summed E-state index contributed by atoms with van der Waals surface area (Å²) in [6, 6.07) is 0.0148. The van der Waals surface area contributed by atoms with E-state index in [-0.39, 0.29) is 6.04 Å². The third-order valence-corrected chi connectivity index (χ3v) is 3.05. The Bertz CT molecular complexity index is 289. The lowest BCUT2D eigenvalue weighted by molar-refractivity contribution is 0.356. The number of hydrogen-bond donors (Lipinski definition) is 1. The van der Waals surface area contributed by atoms with Gasteiger partial charge in [0, 0.05) is 25.6 Å². The number of likely N-dealkylation sites (tertiary alicyclic amines) is 1. The van der Waals surface area contributed by atoms with Crippen LogP contribution in [0.1, 0.15) is 26.2 Å². The Labute approximate surface area is 80.2 Å². The van der Waals surface area contributed by atoms with Crippen LogP contribution in [0.3, 0.4) is 0 Å². The molecule has 2 N–H and O–H groups in total. The van der Waals surface area contributed by atoms with Gasteiger partial charge in [-0.25, -0.2) is 0 Å². The Kier molecular flexibility index (Phi) is 3.90. The Morgan fingerprint density at radius 1 is 1.62 bits per heavy atom. The molecular formula is C8H16N2O2S.